The minimum absolute atomic E-state index is 0.258. The van der Waals surface area contributed by atoms with Crippen LogP contribution >= 0.6 is 22.9 Å². The van der Waals surface area contributed by atoms with E-state index in [1.54, 1.807) is 24.3 Å². The lowest BCUT2D eigenvalue weighted by Gasteiger charge is -2.02. The van der Waals surface area contributed by atoms with Crippen molar-refractivity contribution < 1.29 is 4.79 Å². The van der Waals surface area contributed by atoms with E-state index in [0.29, 0.717) is 15.7 Å². The third kappa shape index (κ3) is 4.02. The van der Waals surface area contributed by atoms with Gasteiger partial charge in [-0.2, -0.15) is 0 Å². The predicted molar refractivity (Wildman–Crippen MR) is 82.5 cm³/mol. The van der Waals surface area contributed by atoms with Crippen LogP contribution in [0.2, 0.25) is 5.02 Å². The largest absolute Gasteiger partial charge is 0.296 e. The Balaban J connectivity index is 1.97. The van der Waals surface area contributed by atoms with Crippen molar-refractivity contribution in [1.29, 1.82) is 0 Å². The predicted octanol–water partition coefficient (Wildman–Crippen LogP) is 4.18. The number of aryl methyl sites for hydroxylation is 1. The SMILES string of the molecule is CCCCCc1nnc(NC(=O)c2ccccc2Cl)s1. The first-order chi connectivity index (χ1) is 9.70. The average molecular weight is 310 g/mol. The van der Waals surface area contributed by atoms with E-state index in [9.17, 15) is 4.79 Å². The van der Waals surface area contributed by atoms with E-state index in [1.165, 1.54) is 24.2 Å². The van der Waals surface area contributed by atoms with Gasteiger partial charge >= 0.3 is 0 Å². The third-order valence-electron chi connectivity index (χ3n) is 2.80. The molecule has 106 valence electrons. The van der Waals surface area contributed by atoms with Gasteiger partial charge in [-0.3, -0.25) is 10.1 Å². The number of carbonyl (C=O) groups excluding carboxylic acids is 1. The van der Waals surface area contributed by atoms with Crippen LogP contribution in [0.5, 0.6) is 0 Å². The monoisotopic (exact) mass is 309 g/mol. The zero-order valence-corrected chi connectivity index (χ0v) is 12.8. The first-order valence-electron chi connectivity index (χ1n) is 6.59. The number of hydrogen-bond donors (Lipinski definition) is 1. The fourth-order valence-corrected chi connectivity index (χ4v) is 2.74. The first kappa shape index (κ1) is 14.9. The summed E-state index contributed by atoms with van der Waals surface area (Å²) in [6.45, 7) is 2.16. The van der Waals surface area contributed by atoms with E-state index in [2.05, 4.69) is 22.4 Å². The number of nitrogens with one attached hydrogen (secondary N) is 1. The minimum atomic E-state index is -0.258. The van der Waals surface area contributed by atoms with Gasteiger partial charge in [-0.1, -0.05) is 54.8 Å². The Morgan fingerprint density at radius 3 is 2.85 bits per heavy atom. The number of aromatic nitrogens is 2. The molecule has 0 saturated heterocycles. The van der Waals surface area contributed by atoms with E-state index in [0.717, 1.165) is 17.8 Å². The molecule has 0 fully saturated rings. The fourth-order valence-electron chi connectivity index (χ4n) is 1.74. The summed E-state index contributed by atoms with van der Waals surface area (Å²) in [6, 6.07) is 6.93. The Bertz CT molecular complexity index is 585. The number of amides is 1. The van der Waals surface area contributed by atoms with Gasteiger partial charge in [0.15, 0.2) is 0 Å². The molecule has 1 amide bonds. The molecule has 0 bridgehead atoms. The molecule has 6 heteroatoms. The second kappa shape index (κ2) is 7.36. The number of benzene rings is 1. The zero-order valence-electron chi connectivity index (χ0n) is 11.2. The first-order valence-corrected chi connectivity index (χ1v) is 7.78. The Morgan fingerprint density at radius 2 is 2.10 bits per heavy atom. The smallest absolute Gasteiger partial charge is 0.259 e. The lowest BCUT2D eigenvalue weighted by molar-refractivity contribution is 0.102. The molecule has 0 spiro atoms. The fraction of sp³-hybridized carbons (Fsp3) is 0.357. The number of halogens is 1. The summed E-state index contributed by atoms with van der Waals surface area (Å²) >= 11 is 7.40. The van der Waals surface area contributed by atoms with Crippen molar-refractivity contribution >= 4 is 34.0 Å². The minimum Gasteiger partial charge on any atom is -0.296 e. The summed E-state index contributed by atoms with van der Waals surface area (Å²) in [5.41, 5.74) is 0.442. The summed E-state index contributed by atoms with van der Waals surface area (Å²) in [6.07, 6.45) is 4.37. The van der Waals surface area contributed by atoms with Gasteiger partial charge in [0.05, 0.1) is 10.6 Å². The highest BCUT2D eigenvalue weighted by Crippen LogP contribution is 2.20. The molecule has 0 radical (unpaired) electrons. The highest BCUT2D eigenvalue weighted by atomic mass is 35.5. The average Bonchev–Trinajstić information content (AvgIpc) is 2.87. The molecule has 0 saturated carbocycles. The van der Waals surface area contributed by atoms with Crippen LogP contribution < -0.4 is 5.32 Å². The van der Waals surface area contributed by atoms with E-state index in [-0.39, 0.29) is 5.91 Å². The van der Waals surface area contributed by atoms with E-state index in [4.69, 9.17) is 11.6 Å². The Kier molecular flexibility index (Phi) is 5.49. The maximum atomic E-state index is 12.0. The van der Waals surface area contributed by atoms with Crippen molar-refractivity contribution in [3.63, 3.8) is 0 Å². The lowest BCUT2D eigenvalue weighted by atomic mass is 10.2. The molecule has 20 heavy (non-hydrogen) atoms. The molecule has 1 aromatic carbocycles. The van der Waals surface area contributed by atoms with E-state index < -0.39 is 0 Å². The van der Waals surface area contributed by atoms with Gasteiger partial charge in [-0.25, -0.2) is 0 Å². The molecular formula is C14H16ClN3OS. The molecule has 1 N–H and O–H groups in total. The number of rotatable bonds is 6. The van der Waals surface area contributed by atoms with Gasteiger partial charge in [0, 0.05) is 6.42 Å². The highest BCUT2D eigenvalue weighted by Gasteiger charge is 2.12. The van der Waals surface area contributed by atoms with Gasteiger partial charge in [0.1, 0.15) is 5.01 Å². The molecular weight excluding hydrogens is 294 g/mol. The summed E-state index contributed by atoms with van der Waals surface area (Å²) in [4.78, 5) is 12.0. The lowest BCUT2D eigenvalue weighted by Crippen LogP contribution is -2.12. The number of nitrogens with zero attached hydrogens (tertiary/aromatic N) is 2. The summed E-state index contributed by atoms with van der Waals surface area (Å²) in [7, 11) is 0. The maximum Gasteiger partial charge on any atom is 0.259 e. The standard InChI is InChI=1S/C14H16ClN3OS/c1-2-3-4-9-12-17-18-14(20-12)16-13(19)10-7-5-6-8-11(10)15/h5-8H,2-4,9H2,1H3,(H,16,18,19). The summed E-state index contributed by atoms with van der Waals surface area (Å²) in [5, 5.41) is 12.7. The molecule has 1 heterocycles. The van der Waals surface area contributed by atoms with Crippen LogP contribution in [0.25, 0.3) is 0 Å². The Hall–Kier alpha value is -1.46. The number of unbranched alkanes of at least 4 members (excludes halogenated alkanes) is 2. The summed E-state index contributed by atoms with van der Waals surface area (Å²) < 4.78 is 0. The van der Waals surface area contributed by atoms with Gasteiger partial charge in [0.2, 0.25) is 5.13 Å². The summed E-state index contributed by atoms with van der Waals surface area (Å²) in [5.74, 6) is -0.258. The highest BCUT2D eigenvalue weighted by molar-refractivity contribution is 7.15. The van der Waals surface area contributed by atoms with Crippen LogP contribution in [0.15, 0.2) is 24.3 Å². The molecule has 2 rings (SSSR count). The second-order valence-corrected chi connectivity index (χ2v) is 5.86. The van der Waals surface area contributed by atoms with Gasteiger partial charge in [0.25, 0.3) is 5.91 Å². The van der Waals surface area contributed by atoms with Crippen LogP contribution in [0.3, 0.4) is 0 Å². The van der Waals surface area contributed by atoms with Crippen LogP contribution in [0.1, 0.15) is 41.6 Å². The van der Waals surface area contributed by atoms with Crippen molar-refractivity contribution in [2.45, 2.75) is 32.6 Å². The van der Waals surface area contributed by atoms with E-state index >= 15 is 0 Å². The molecule has 0 atom stereocenters. The molecule has 0 aliphatic heterocycles. The quantitative estimate of drug-likeness (QED) is 0.814. The number of hydrogen-bond acceptors (Lipinski definition) is 4. The zero-order chi connectivity index (χ0) is 14.4. The molecule has 4 nitrogen and oxygen atoms in total. The molecule has 0 aliphatic rings. The topological polar surface area (TPSA) is 54.9 Å². The third-order valence-corrected chi connectivity index (χ3v) is 4.03. The second-order valence-electron chi connectivity index (χ2n) is 4.39. The molecule has 0 aliphatic carbocycles. The van der Waals surface area contributed by atoms with Gasteiger partial charge in [-0.15, -0.1) is 10.2 Å². The molecule has 2 aromatic rings. The number of carbonyl (C=O) groups is 1. The van der Waals surface area contributed by atoms with Crippen molar-refractivity contribution in [3.05, 3.63) is 39.9 Å². The van der Waals surface area contributed by atoms with Crippen LogP contribution in [-0.4, -0.2) is 16.1 Å². The van der Waals surface area contributed by atoms with Gasteiger partial charge in [-0.05, 0) is 18.6 Å². The number of anilines is 1. The van der Waals surface area contributed by atoms with E-state index in [1.807, 2.05) is 0 Å². The van der Waals surface area contributed by atoms with Crippen LogP contribution in [0, 0.1) is 0 Å². The van der Waals surface area contributed by atoms with Crippen LogP contribution in [0.4, 0.5) is 5.13 Å². The normalized spacial score (nSPS) is 10.5. The molecule has 0 unspecified atom stereocenters. The van der Waals surface area contributed by atoms with Crippen molar-refractivity contribution in [3.8, 4) is 0 Å². The van der Waals surface area contributed by atoms with Crippen molar-refractivity contribution in [2.75, 3.05) is 5.32 Å². The van der Waals surface area contributed by atoms with Gasteiger partial charge < -0.3 is 0 Å². The Morgan fingerprint density at radius 1 is 1.30 bits per heavy atom. The maximum absolute atomic E-state index is 12.0. The van der Waals surface area contributed by atoms with Crippen molar-refractivity contribution in [2.24, 2.45) is 0 Å². The van der Waals surface area contributed by atoms with Crippen LogP contribution in [-0.2, 0) is 6.42 Å². The molecule has 1 aromatic heterocycles. The Labute approximate surface area is 127 Å². The van der Waals surface area contributed by atoms with Crippen molar-refractivity contribution in [1.82, 2.24) is 10.2 Å².